The predicted octanol–water partition coefficient (Wildman–Crippen LogP) is 3.79. The van der Waals surface area contributed by atoms with E-state index in [-0.39, 0.29) is 18.0 Å². The molecule has 0 radical (unpaired) electrons. The summed E-state index contributed by atoms with van der Waals surface area (Å²) in [5.41, 5.74) is 6.14. The smallest absolute Gasteiger partial charge is 0.419 e. The van der Waals surface area contributed by atoms with E-state index in [2.05, 4.69) is 22.6 Å². The van der Waals surface area contributed by atoms with Gasteiger partial charge >= 0.3 is 12.1 Å². The van der Waals surface area contributed by atoms with Gasteiger partial charge in [0.25, 0.3) is 0 Å². The third-order valence-corrected chi connectivity index (χ3v) is 3.68. The lowest BCUT2D eigenvalue weighted by Crippen LogP contribution is -2.29. The number of hydrogen-bond donors (Lipinski definition) is 1. The number of benzene rings is 1. The number of fused-ring (bicyclic) bond motifs is 1. The van der Waals surface area contributed by atoms with Crippen molar-refractivity contribution < 1.29 is 19.1 Å². The third-order valence-electron chi connectivity index (χ3n) is 3.01. The molecule has 0 bridgehead atoms. The molecule has 0 saturated heterocycles. The van der Waals surface area contributed by atoms with Crippen LogP contribution in [0.4, 0.5) is 10.5 Å². The van der Waals surface area contributed by atoms with E-state index in [0.29, 0.717) is 10.9 Å². The molecule has 0 amide bonds. The Morgan fingerprint density at radius 1 is 1.30 bits per heavy atom. The maximum absolute atomic E-state index is 12.6. The Bertz CT molecular complexity index is 774. The normalized spacial score (nSPS) is 11.5. The van der Waals surface area contributed by atoms with E-state index >= 15 is 0 Å². The topological polar surface area (TPSA) is 83.5 Å². The fourth-order valence-electron chi connectivity index (χ4n) is 2.19. The molecule has 1 aromatic heterocycles. The molecular formula is C16H19IN2O4. The third kappa shape index (κ3) is 3.60. The summed E-state index contributed by atoms with van der Waals surface area (Å²) in [4.78, 5) is 24.9. The van der Waals surface area contributed by atoms with Gasteiger partial charge in [0.2, 0.25) is 0 Å². The zero-order valence-electron chi connectivity index (χ0n) is 13.5. The van der Waals surface area contributed by atoms with Gasteiger partial charge in [0.1, 0.15) is 5.60 Å². The second-order valence-corrected chi connectivity index (χ2v) is 7.21. The number of ether oxygens (including phenoxy) is 2. The summed E-state index contributed by atoms with van der Waals surface area (Å²) in [6.07, 6.45) is -0.663. The molecule has 1 heterocycles. The second kappa shape index (κ2) is 6.38. The number of halogens is 1. The lowest BCUT2D eigenvalue weighted by molar-refractivity contribution is 0.0455. The van der Waals surface area contributed by atoms with Crippen LogP contribution in [0, 0.1) is 3.57 Å². The molecule has 2 aromatic rings. The molecule has 2 N–H and O–H groups in total. The molecule has 0 spiro atoms. The van der Waals surface area contributed by atoms with E-state index in [9.17, 15) is 9.59 Å². The van der Waals surface area contributed by atoms with Crippen molar-refractivity contribution >= 4 is 51.2 Å². The number of rotatable bonds is 2. The van der Waals surface area contributed by atoms with Crippen LogP contribution in [-0.2, 0) is 9.47 Å². The first kappa shape index (κ1) is 17.6. The van der Waals surface area contributed by atoms with Crippen LogP contribution in [0.15, 0.2) is 18.2 Å². The van der Waals surface area contributed by atoms with Crippen molar-refractivity contribution in [2.75, 3.05) is 12.3 Å². The monoisotopic (exact) mass is 430 g/mol. The van der Waals surface area contributed by atoms with Crippen molar-refractivity contribution in [3.63, 3.8) is 0 Å². The Kier molecular flexibility index (Phi) is 4.88. The highest BCUT2D eigenvalue weighted by Crippen LogP contribution is 2.31. The summed E-state index contributed by atoms with van der Waals surface area (Å²) in [6, 6.07) is 5.38. The lowest BCUT2D eigenvalue weighted by atomic mass is 10.2. The zero-order chi connectivity index (χ0) is 17.4. The van der Waals surface area contributed by atoms with Crippen molar-refractivity contribution in [2.24, 2.45) is 0 Å². The van der Waals surface area contributed by atoms with Crippen molar-refractivity contribution in [1.29, 1.82) is 0 Å². The van der Waals surface area contributed by atoms with Crippen molar-refractivity contribution in [3.05, 3.63) is 27.5 Å². The number of aromatic nitrogens is 1. The average Bonchev–Trinajstić information content (AvgIpc) is 2.70. The maximum Gasteiger partial charge on any atom is 0.419 e. The van der Waals surface area contributed by atoms with Crippen LogP contribution >= 0.6 is 22.6 Å². The number of nitrogens with two attached hydrogens (primary N) is 1. The molecule has 0 saturated carbocycles. The lowest BCUT2D eigenvalue weighted by Gasteiger charge is -2.20. The molecule has 1 aromatic carbocycles. The first-order valence-corrected chi connectivity index (χ1v) is 8.23. The first-order valence-electron chi connectivity index (χ1n) is 7.15. The highest BCUT2D eigenvalue weighted by atomic mass is 127. The quantitative estimate of drug-likeness (QED) is 0.579. The van der Waals surface area contributed by atoms with Gasteiger partial charge in [0, 0.05) is 8.96 Å². The zero-order valence-corrected chi connectivity index (χ0v) is 15.6. The summed E-state index contributed by atoms with van der Waals surface area (Å²) in [5.74, 6) is -0.651. The van der Waals surface area contributed by atoms with Crippen LogP contribution in [-0.4, -0.2) is 28.8 Å². The average molecular weight is 430 g/mol. The summed E-state index contributed by atoms with van der Waals surface area (Å²) in [6.45, 7) is 7.15. The summed E-state index contributed by atoms with van der Waals surface area (Å²) in [7, 11) is 0. The van der Waals surface area contributed by atoms with E-state index in [0.717, 1.165) is 3.57 Å². The molecule has 0 fully saturated rings. The Balaban J connectivity index is 2.71. The van der Waals surface area contributed by atoms with Gasteiger partial charge in [-0.2, -0.15) is 0 Å². The Morgan fingerprint density at radius 3 is 2.52 bits per heavy atom. The van der Waals surface area contributed by atoms with Gasteiger partial charge in [-0.25, -0.2) is 14.2 Å². The van der Waals surface area contributed by atoms with Gasteiger partial charge in [-0.1, -0.05) is 0 Å². The SMILES string of the molecule is CCOC(=O)c1c(N)c2cc(I)ccc2n1C(=O)OC(C)(C)C. The minimum atomic E-state index is -0.697. The first-order chi connectivity index (χ1) is 10.7. The summed E-state index contributed by atoms with van der Waals surface area (Å²) < 4.78 is 12.6. The molecule has 2 rings (SSSR count). The molecule has 0 unspecified atom stereocenters. The number of hydrogen-bond acceptors (Lipinski definition) is 5. The van der Waals surface area contributed by atoms with Gasteiger partial charge in [-0.15, -0.1) is 0 Å². The minimum absolute atomic E-state index is 0.00176. The Labute approximate surface area is 148 Å². The molecule has 0 atom stereocenters. The van der Waals surface area contributed by atoms with Crippen molar-refractivity contribution in [3.8, 4) is 0 Å². The number of nitrogens with zero attached hydrogens (tertiary/aromatic N) is 1. The van der Waals surface area contributed by atoms with E-state index in [1.807, 2.05) is 12.1 Å². The van der Waals surface area contributed by atoms with Gasteiger partial charge < -0.3 is 15.2 Å². The summed E-state index contributed by atoms with van der Waals surface area (Å²) >= 11 is 2.14. The van der Waals surface area contributed by atoms with Gasteiger partial charge in [0.05, 0.1) is 17.8 Å². The molecule has 124 valence electrons. The van der Waals surface area contributed by atoms with E-state index in [1.54, 1.807) is 33.8 Å². The number of anilines is 1. The molecule has 0 aliphatic heterocycles. The number of nitrogen functional groups attached to an aromatic ring is 1. The molecule has 7 heteroatoms. The highest BCUT2D eigenvalue weighted by Gasteiger charge is 2.29. The number of carbonyl (C=O) groups is 2. The predicted molar refractivity (Wildman–Crippen MR) is 96.7 cm³/mol. The van der Waals surface area contributed by atoms with Crippen LogP contribution in [0.1, 0.15) is 38.2 Å². The van der Waals surface area contributed by atoms with Gasteiger partial charge in [-0.3, -0.25) is 0 Å². The Morgan fingerprint density at radius 2 is 1.96 bits per heavy atom. The maximum atomic E-state index is 12.6. The van der Waals surface area contributed by atoms with Crippen molar-refractivity contribution in [1.82, 2.24) is 4.57 Å². The fourth-order valence-corrected chi connectivity index (χ4v) is 2.68. The van der Waals surface area contributed by atoms with E-state index in [4.69, 9.17) is 15.2 Å². The van der Waals surface area contributed by atoms with Crippen LogP contribution in [0.2, 0.25) is 0 Å². The number of esters is 1. The summed E-state index contributed by atoms with van der Waals surface area (Å²) in [5, 5.41) is 0.616. The van der Waals surface area contributed by atoms with E-state index in [1.165, 1.54) is 4.57 Å². The van der Waals surface area contributed by atoms with Crippen LogP contribution < -0.4 is 5.73 Å². The molecule has 0 aliphatic rings. The van der Waals surface area contributed by atoms with Crippen LogP contribution in [0.5, 0.6) is 0 Å². The Hall–Kier alpha value is -1.77. The van der Waals surface area contributed by atoms with Gasteiger partial charge in [-0.05, 0) is 68.5 Å². The van der Waals surface area contributed by atoms with E-state index < -0.39 is 17.7 Å². The van der Waals surface area contributed by atoms with Crippen molar-refractivity contribution in [2.45, 2.75) is 33.3 Å². The highest BCUT2D eigenvalue weighted by molar-refractivity contribution is 14.1. The standard InChI is InChI=1S/C16H19IN2O4/c1-5-22-14(20)13-12(18)10-8-9(17)6-7-11(10)19(13)15(21)23-16(2,3)4/h6-8H,5,18H2,1-4H3. The van der Waals surface area contributed by atoms with Gasteiger partial charge in [0.15, 0.2) is 5.69 Å². The van der Waals surface area contributed by atoms with Crippen LogP contribution in [0.25, 0.3) is 10.9 Å². The minimum Gasteiger partial charge on any atom is -0.461 e. The fraction of sp³-hybridized carbons (Fsp3) is 0.375. The second-order valence-electron chi connectivity index (χ2n) is 5.96. The molecule has 23 heavy (non-hydrogen) atoms. The molecular weight excluding hydrogens is 411 g/mol. The molecule has 0 aliphatic carbocycles. The molecule has 6 nitrogen and oxygen atoms in total. The largest absolute Gasteiger partial charge is 0.461 e. The van der Waals surface area contributed by atoms with Crippen LogP contribution in [0.3, 0.4) is 0 Å². The number of carbonyl (C=O) groups excluding carboxylic acids is 2.